The van der Waals surface area contributed by atoms with E-state index in [1.54, 1.807) is 13.0 Å². The van der Waals surface area contributed by atoms with Crippen LogP contribution in [-0.4, -0.2) is 0 Å². The van der Waals surface area contributed by atoms with Gasteiger partial charge in [-0.2, -0.15) is 0 Å². The normalized spacial score (nSPS) is 11.0. The lowest BCUT2D eigenvalue weighted by atomic mass is 9.91. The molecule has 0 spiro atoms. The lowest BCUT2D eigenvalue weighted by Gasteiger charge is -2.16. The zero-order valence-electron chi connectivity index (χ0n) is 9.32. The van der Waals surface area contributed by atoms with Gasteiger partial charge >= 0.3 is 0 Å². The molecule has 0 atom stereocenters. The van der Waals surface area contributed by atoms with Gasteiger partial charge in [0.05, 0.1) is 5.69 Å². The van der Waals surface area contributed by atoms with Crippen LogP contribution in [0.1, 0.15) is 43.4 Å². The topological polar surface area (TPSA) is 26.0 Å². The summed E-state index contributed by atoms with van der Waals surface area (Å²) in [4.78, 5) is 0. The van der Waals surface area contributed by atoms with E-state index in [9.17, 15) is 4.39 Å². The van der Waals surface area contributed by atoms with Crippen molar-refractivity contribution in [3.63, 3.8) is 0 Å². The Morgan fingerprint density at radius 1 is 1.43 bits per heavy atom. The maximum atomic E-state index is 13.5. The Kier molecular flexibility index (Phi) is 3.14. The van der Waals surface area contributed by atoms with Crippen molar-refractivity contribution in [1.82, 2.24) is 0 Å². The van der Waals surface area contributed by atoms with Crippen LogP contribution < -0.4 is 5.73 Å². The lowest BCUT2D eigenvalue weighted by molar-refractivity contribution is 0.618. The van der Waals surface area contributed by atoms with E-state index in [-0.39, 0.29) is 11.5 Å². The maximum Gasteiger partial charge on any atom is 0.149 e. The van der Waals surface area contributed by atoms with E-state index in [4.69, 9.17) is 5.73 Å². The molecule has 0 aliphatic heterocycles. The number of rotatable bonds is 2. The Labute approximate surface area is 85.1 Å². The molecule has 0 heterocycles. The van der Waals surface area contributed by atoms with Crippen molar-refractivity contribution in [2.24, 2.45) is 0 Å². The summed E-state index contributed by atoms with van der Waals surface area (Å²) >= 11 is 0. The quantitative estimate of drug-likeness (QED) is 0.719. The van der Waals surface area contributed by atoms with E-state index < -0.39 is 0 Å². The molecule has 0 aliphatic rings. The first-order chi connectivity index (χ1) is 6.49. The average molecular weight is 195 g/mol. The minimum Gasteiger partial charge on any atom is -0.396 e. The van der Waals surface area contributed by atoms with Crippen LogP contribution >= 0.6 is 0 Å². The Balaban J connectivity index is 3.43. The van der Waals surface area contributed by atoms with Crippen LogP contribution in [0.25, 0.3) is 0 Å². The fourth-order valence-corrected chi connectivity index (χ4v) is 1.87. The predicted molar refractivity (Wildman–Crippen MR) is 59.0 cm³/mol. The Bertz CT molecular complexity index is 343. The number of halogens is 1. The SMILES string of the molecule is CCc1c(C(C)C)cc(N)c(F)c1C. The third-order valence-electron chi connectivity index (χ3n) is 2.67. The van der Waals surface area contributed by atoms with Crippen LogP contribution in [0.4, 0.5) is 10.1 Å². The number of nitrogens with two attached hydrogens (primary N) is 1. The molecule has 1 aromatic rings. The van der Waals surface area contributed by atoms with Crippen LogP contribution in [0.5, 0.6) is 0 Å². The second-order valence-electron chi connectivity index (χ2n) is 3.98. The summed E-state index contributed by atoms with van der Waals surface area (Å²) in [6.45, 7) is 8.05. The van der Waals surface area contributed by atoms with Gasteiger partial charge in [-0.1, -0.05) is 20.8 Å². The fourth-order valence-electron chi connectivity index (χ4n) is 1.87. The van der Waals surface area contributed by atoms with Crippen molar-refractivity contribution >= 4 is 5.69 Å². The molecule has 14 heavy (non-hydrogen) atoms. The second kappa shape index (κ2) is 3.99. The standard InChI is InChI=1S/C12H18FN/c1-5-9-8(4)12(13)11(14)6-10(9)7(2)3/h6-7H,5,14H2,1-4H3. The molecule has 1 nitrogen and oxygen atoms in total. The zero-order valence-corrected chi connectivity index (χ0v) is 9.32. The summed E-state index contributed by atoms with van der Waals surface area (Å²) < 4.78 is 13.5. The van der Waals surface area contributed by atoms with Crippen LogP contribution in [0, 0.1) is 12.7 Å². The number of hydrogen-bond donors (Lipinski definition) is 1. The van der Waals surface area contributed by atoms with Gasteiger partial charge in [0.15, 0.2) is 0 Å². The molecule has 1 aromatic carbocycles. The molecule has 0 aliphatic carbocycles. The van der Waals surface area contributed by atoms with E-state index in [0.29, 0.717) is 11.5 Å². The molecule has 2 N–H and O–H groups in total. The molecule has 78 valence electrons. The summed E-state index contributed by atoms with van der Waals surface area (Å²) in [5.41, 5.74) is 8.85. The van der Waals surface area contributed by atoms with E-state index in [2.05, 4.69) is 13.8 Å². The highest BCUT2D eigenvalue weighted by Gasteiger charge is 2.13. The molecule has 0 saturated heterocycles. The number of hydrogen-bond acceptors (Lipinski definition) is 1. The first kappa shape index (κ1) is 11.0. The minimum atomic E-state index is -0.258. The first-order valence-electron chi connectivity index (χ1n) is 5.06. The molecule has 1 rings (SSSR count). The smallest absolute Gasteiger partial charge is 0.149 e. The predicted octanol–water partition coefficient (Wildman–Crippen LogP) is 3.40. The second-order valence-corrected chi connectivity index (χ2v) is 3.98. The molecule has 0 saturated carbocycles. The van der Waals surface area contributed by atoms with Crippen molar-refractivity contribution in [2.45, 2.75) is 40.0 Å². The van der Waals surface area contributed by atoms with Crippen LogP contribution in [0.2, 0.25) is 0 Å². The molecule has 0 unspecified atom stereocenters. The molecule has 0 amide bonds. The molecule has 0 aromatic heterocycles. The number of anilines is 1. The highest BCUT2D eigenvalue weighted by molar-refractivity contribution is 5.51. The van der Waals surface area contributed by atoms with Gasteiger partial charge in [-0.05, 0) is 42.0 Å². The summed E-state index contributed by atoms with van der Waals surface area (Å²) in [6.07, 6.45) is 0.858. The van der Waals surface area contributed by atoms with Gasteiger partial charge in [-0.15, -0.1) is 0 Å². The van der Waals surface area contributed by atoms with Crippen molar-refractivity contribution in [3.05, 3.63) is 28.6 Å². The number of benzene rings is 1. The largest absolute Gasteiger partial charge is 0.396 e. The van der Waals surface area contributed by atoms with E-state index in [1.165, 1.54) is 5.56 Å². The molecule has 2 heteroatoms. The number of nitrogen functional groups attached to an aromatic ring is 1. The fraction of sp³-hybridized carbons (Fsp3) is 0.500. The van der Waals surface area contributed by atoms with E-state index in [1.807, 2.05) is 6.92 Å². The van der Waals surface area contributed by atoms with Crippen molar-refractivity contribution in [3.8, 4) is 0 Å². The minimum absolute atomic E-state index is 0.258. The Morgan fingerprint density at radius 2 is 2.00 bits per heavy atom. The van der Waals surface area contributed by atoms with Crippen LogP contribution in [0.3, 0.4) is 0 Å². The third-order valence-corrected chi connectivity index (χ3v) is 2.67. The monoisotopic (exact) mass is 195 g/mol. The summed E-state index contributed by atoms with van der Waals surface area (Å²) in [5.74, 6) is 0.137. The lowest BCUT2D eigenvalue weighted by Crippen LogP contribution is -2.04. The van der Waals surface area contributed by atoms with Gasteiger partial charge in [0, 0.05) is 0 Å². The van der Waals surface area contributed by atoms with Crippen LogP contribution in [-0.2, 0) is 6.42 Å². The van der Waals surface area contributed by atoms with Gasteiger partial charge in [-0.3, -0.25) is 0 Å². The van der Waals surface area contributed by atoms with Crippen molar-refractivity contribution in [1.29, 1.82) is 0 Å². The van der Waals surface area contributed by atoms with Crippen LogP contribution in [0.15, 0.2) is 6.07 Å². The molecular formula is C12H18FN. The Hall–Kier alpha value is -1.05. The van der Waals surface area contributed by atoms with Gasteiger partial charge in [0.1, 0.15) is 5.82 Å². The van der Waals surface area contributed by atoms with E-state index >= 15 is 0 Å². The molecule has 0 radical (unpaired) electrons. The highest BCUT2D eigenvalue weighted by atomic mass is 19.1. The molecule has 0 bridgehead atoms. The first-order valence-corrected chi connectivity index (χ1v) is 5.06. The molecule has 0 fully saturated rings. The van der Waals surface area contributed by atoms with Gasteiger partial charge in [0.2, 0.25) is 0 Å². The van der Waals surface area contributed by atoms with E-state index in [0.717, 1.165) is 12.0 Å². The van der Waals surface area contributed by atoms with Gasteiger partial charge < -0.3 is 5.73 Å². The van der Waals surface area contributed by atoms with Gasteiger partial charge in [0.25, 0.3) is 0 Å². The van der Waals surface area contributed by atoms with Crippen molar-refractivity contribution < 1.29 is 4.39 Å². The van der Waals surface area contributed by atoms with Gasteiger partial charge in [-0.25, -0.2) is 4.39 Å². The Morgan fingerprint density at radius 3 is 2.43 bits per heavy atom. The zero-order chi connectivity index (χ0) is 10.9. The summed E-state index contributed by atoms with van der Waals surface area (Å²) in [6, 6.07) is 1.77. The average Bonchev–Trinajstić information content (AvgIpc) is 2.13. The highest BCUT2D eigenvalue weighted by Crippen LogP contribution is 2.28. The summed E-state index contributed by atoms with van der Waals surface area (Å²) in [7, 11) is 0. The third kappa shape index (κ3) is 1.74. The molecular weight excluding hydrogens is 177 g/mol. The maximum absolute atomic E-state index is 13.5. The van der Waals surface area contributed by atoms with Crippen molar-refractivity contribution in [2.75, 3.05) is 5.73 Å². The summed E-state index contributed by atoms with van der Waals surface area (Å²) in [5, 5.41) is 0.